The number of benzene rings is 3. The molecule has 3 aromatic rings. The number of phenols is 1. The van der Waals surface area contributed by atoms with Crippen molar-refractivity contribution in [3.63, 3.8) is 0 Å². The maximum absolute atomic E-state index is 10.0. The van der Waals surface area contributed by atoms with Gasteiger partial charge >= 0.3 is 0 Å². The average molecular weight is 302 g/mol. The molecule has 114 valence electrons. The van der Waals surface area contributed by atoms with Crippen LogP contribution in [0.2, 0.25) is 0 Å². The molecule has 0 saturated carbocycles. The van der Waals surface area contributed by atoms with Gasteiger partial charge in [-0.15, -0.1) is 5.11 Å². The number of aryl methyl sites for hydroxylation is 2. The maximum atomic E-state index is 10.0. The quantitative estimate of drug-likeness (QED) is 0.584. The summed E-state index contributed by atoms with van der Waals surface area (Å²) in [5, 5.41) is 18.5. The van der Waals surface area contributed by atoms with Gasteiger partial charge in [-0.25, -0.2) is 0 Å². The number of hydrogen-bond acceptors (Lipinski definition) is 3. The molecule has 3 nitrogen and oxygen atoms in total. The van der Waals surface area contributed by atoms with Crippen molar-refractivity contribution in [2.45, 2.75) is 13.8 Å². The molecule has 0 aliphatic carbocycles. The molecule has 0 heterocycles. The second-order valence-electron chi connectivity index (χ2n) is 5.54. The molecule has 0 radical (unpaired) electrons. The summed E-state index contributed by atoms with van der Waals surface area (Å²) in [5.41, 5.74) is 5.70. The molecule has 0 saturated heterocycles. The lowest BCUT2D eigenvalue weighted by molar-refractivity contribution is 0.476. The van der Waals surface area contributed by atoms with Crippen molar-refractivity contribution in [1.82, 2.24) is 0 Å². The Morgan fingerprint density at radius 3 is 2.22 bits per heavy atom. The Morgan fingerprint density at radius 1 is 0.696 bits per heavy atom. The number of azo groups is 1. The monoisotopic (exact) mass is 302 g/mol. The van der Waals surface area contributed by atoms with Crippen LogP contribution in [-0.2, 0) is 0 Å². The zero-order valence-electron chi connectivity index (χ0n) is 13.2. The minimum absolute atomic E-state index is 0.122. The number of aromatic hydroxyl groups is 1. The molecule has 0 spiro atoms. The normalized spacial score (nSPS) is 11.0. The van der Waals surface area contributed by atoms with Crippen molar-refractivity contribution < 1.29 is 5.11 Å². The van der Waals surface area contributed by atoms with Crippen molar-refractivity contribution in [3.05, 3.63) is 77.9 Å². The minimum Gasteiger partial charge on any atom is -0.506 e. The van der Waals surface area contributed by atoms with E-state index in [9.17, 15) is 5.11 Å². The molecule has 0 bridgehead atoms. The molecule has 1 N–H and O–H groups in total. The van der Waals surface area contributed by atoms with Crippen molar-refractivity contribution in [1.29, 1.82) is 0 Å². The fraction of sp³-hybridized carbons (Fsp3) is 0.100. The molecule has 0 unspecified atom stereocenters. The van der Waals surface area contributed by atoms with Gasteiger partial charge in [0.15, 0.2) is 0 Å². The molecule has 0 atom stereocenters. The Bertz CT molecular complexity index is 855. The molecule has 0 aliphatic rings. The highest BCUT2D eigenvalue weighted by molar-refractivity contribution is 5.70. The summed E-state index contributed by atoms with van der Waals surface area (Å²) >= 11 is 0. The highest BCUT2D eigenvalue weighted by atomic mass is 16.3. The topological polar surface area (TPSA) is 45.0 Å². The van der Waals surface area contributed by atoms with Gasteiger partial charge < -0.3 is 5.11 Å². The van der Waals surface area contributed by atoms with Crippen LogP contribution >= 0.6 is 0 Å². The largest absolute Gasteiger partial charge is 0.506 e. The van der Waals surface area contributed by atoms with E-state index in [1.165, 1.54) is 11.1 Å². The minimum atomic E-state index is 0.122. The summed E-state index contributed by atoms with van der Waals surface area (Å²) in [6.45, 7) is 4.10. The molecular weight excluding hydrogens is 284 g/mol. The summed E-state index contributed by atoms with van der Waals surface area (Å²) < 4.78 is 0. The van der Waals surface area contributed by atoms with Crippen LogP contribution in [0.1, 0.15) is 11.1 Å². The summed E-state index contributed by atoms with van der Waals surface area (Å²) in [5.74, 6) is 0.122. The third kappa shape index (κ3) is 3.46. The summed E-state index contributed by atoms with van der Waals surface area (Å²) in [6, 6.07) is 21.3. The fourth-order valence-electron chi connectivity index (χ4n) is 2.31. The molecule has 23 heavy (non-hydrogen) atoms. The standard InChI is InChI=1S/C20H18N2O/c1-14-8-10-18(12-15(14)2)21-22-19-13-17(9-11-20(19)23)16-6-4-3-5-7-16/h3-13,23H,1-2H3. The summed E-state index contributed by atoms with van der Waals surface area (Å²) in [6.07, 6.45) is 0. The highest BCUT2D eigenvalue weighted by Crippen LogP contribution is 2.33. The Hall–Kier alpha value is -2.94. The van der Waals surface area contributed by atoms with Gasteiger partial charge in [-0.05, 0) is 60.4 Å². The van der Waals surface area contributed by atoms with Gasteiger partial charge in [0.2, 0.25) is 0 Å². The van der Waals surface area contributed by atoms with Gasteiger partial charge in [0.1, 0.15) is 11.4 Å². The van der Waals surface area contributed by atoms with Gasteiger partial charge in [-0.2, -0.15) is 5.11 Å². The van der Waals surface area contributed by atoms with E-state index in [1.807, 2.05) is 67.6 Å². The number of hydrogen-bond donors (Lipinski definition) is 1. The highest BCUT2D eigenvalue weighted by Gasteiger charge is 2.04. The first-order valence-corrected chi connectivity index (χ1v) is 7.51. The van der Waals surface area contributed by atoms with E-state index in [4.69, 9.17) is 0 Å². The molecular formula is C20H18N2O. The lowest BCUT2D eigenvalue weighted by Gasteiger charge is -2.04. The smallest absolute Gasteiger partial charge is 0.143 e. The Labute approximate surface area is 136 Å². The van der Waals surface area contributed by atoms with Crippen LogP contribution in [0.5, 0.6) is 5.75 Å². The fourth-order valence-corrected chi connectivity index (χ4v) is 2.31. The van der Waals surface area contributed by atoms with E-state index in [1.54, 1.807) is 6.07 Å². The maximum Gasteiger partial charge on any atom is 0.143 e. The molecule has 3 heteroatoms. The van der Waals surface area contributed by atoms with Crippen LogP contribution in [0.25, 0.3) is 11.1 Å². The van der Waals surface area contributed by atoms with Crippen molar-refractivity contribution >= 4 is 11.4 Å². The summed E-state index contributed by atoms with van der Waals surface area (Å²) in [7, 11) is 0. The van der Waals surface area contributed by atoms with E-state index in [-0.39, 0.29) is 5.75 Å². The molecule has 0 aromatic heterocycles. The molecule has 3 rings (SSSR count). The van der Waals surface area contributed by atoms with Gasteiger partial charge in [0, 0.05) is 0 Å². The lowest BCUT2D eigenvalue weighted by Crippen LogP contribution is -1.78. The van der Waals surface area contributed by atoms with Gasteiger partial charge in [-0.3, -0.25) is 0 Å². The zero-order valence-corrected chi connectivity index (χ0v) is 13.2. The van der Waals surface area contributed by atoms with Crippen molar-refractivity contribution in [2.24, 2.45) is 10.2 Å². The van der Waals surface area contributed by atoms with Crippen molar-refractivity contribution in [2.75, 3.05) is 0 Å². The predicted octanol–water partition coefficient (Wildman–Crippen LogP) is 6.09. The van der Waals surface area contributed by atoms with Crippen LogP contribution in [0.15, 0.2) is 77.0 Å². The molecule has 0 fully saturated rings. The number of nitrogens with zero attached hydrogens (tertiary/aromatic N) is 2. The zero-order chi connectivity index (χ0) is 16.2. The Balaban J connectivity index is 1.93. The Morgan fingerprint density at radius 2 is 1.48 bits per heavy atom. The number of rotatable bonds is 3. The lowest BCUT2D eigenvalue weighted by atomic mass is 10.1. The third-order valence-corrected chi connectivity index (χ3v) is 3.85. The van der Waals surface area contributed by atoms with Crippen LogP contribution in [0.3, 0.4) is 0 Å². The van der Waals surface area contributed by atoms with E-state index in [0.29, 0.717) is 5.69 Å². The SMILES string of the molecule is Cc1ccc(N=Nc2cc(-c3ccccc3)ccc2O)cc1C. The second kappa shape index (κ2) is 6.44. The van der Waals surface area contributed by atoms with Gasteiger partial charge in [0.25, 0.3) is 0 Å². The van der Waals surface area contributed by atoms with Crippen molar-refractivity contribution in [3.8, 4) is 16.9 Å². The second-order valence-corrected chi connectivity index (χ2v) is 5.54. The summed E-state index contributed by atoms with van der Waals surface area (Å²) in [4.78, 5) is 0. The molecule has 0 aliphatic heterocycles. The first kappa shape index (κ1) is 15.0. The van der Waals surface area contributed by atoms with E-state index in [0.717, 1.165) is 16.8 Å². The van der Waals surface area contributed by atoms with Crippen LogP contribution < -0.4 is 0 Å². The third-order valence-electron chi connectivity index (χ3n) is 3.85. The first-order valence-electron chi connectivity index (χ1n) is 7.51. The van der Waals surface area contributed by atoms with Crippen LogP contribution in [-0.4, -0.2) is 5.11 Å². The predicted molar refractivity (Wildman–Crippen MR) is 93.6 cm³/mol. The van der Waals surface area contributed by atoms with E-state index in [2.05, 4.69) is 17.2 Å². The van der Waals surface area contributed by atoms with Gasteiger partial charge in [0.05, 0.1) is 5.69 Å². The van der Waals surface area contributed by atoms with Crippen LogP contribution in [0, 0.1) is 13.8 Å². The molecule has 3 aromatic carbocycles. The average Bonchev–Trinajstić information content (AvgIpc) is 2.58. The molecule has 0 amide bonds. The number of phenolic OH excluding ortho intramolecular Hbond substituents is 1. The van der Waals surface area contributed by atoms with E-state index < -0.39 is 0 Å². The van der Waals surface area contributed by atoms with E-state index >= 15 is 0 Å². The van der Waals surface area contributed by atoms with Gasteiger partial charge in [-0.1, -0.05) is 42.5 Å². The first-order chi connectivity index (χ1) is 11.1. The van der Waals surface area contributed by atoms with Crippen LogP contribution in [0.4, 0.5) is 11.4 Å². The Kier molecular flexibility index (Phi) is 4.20.